The van der Waals surface area contributed by atoms with Gasteiger partial charge >= 0.3 is 0 Å². The minimum Gasteiger partial charge on any atom is -0.497 e. The van der Waals surface area contributed by atoms with E-state index in [1.165, 1.54) is 44.7 Å². The standard InChI is InChI=1S/C14H20N2O/c1-17-13-4-2-12(3-5-13)16-9-7-14(11-16)6-8-15-10-14/h2-5,15H,6-11H2,1H3. The quantitative estimate of drug-likeness (QED) is 0.842. The highest BCUT2D eigenvalue weighted by atomic mass is 16.5. The van der Waals surface area contributed by atoms with Crippen LogP contribution in [0.4, 0.5) is 5.69 Å². The largest absolute Gasteiger partial charge is 0.497 e. The van der Waals surface area contributed by atoms with E-state index in [9.17, 15) is 0 Å². The van der Waals surface area contributed by atoms with Crippen molar-refractivity contribution in [3.05, 3.63) is 24.3 Å². The molecule has 3 rings (SSSR count). The van der Waals surface area contributed by atoms with Crippen LogP contribution in [0.1, 0.15) is 12.8 Å². The molecule has 0 aromatic heterocycles. The first-order valence-corrected chi connectivity index (χ1v) is 6.41. The van der Waals surface area contributed by atoms with Gasteiger partial charge in [0.05, 0.1) is 7.11 Å². The maximum atomic E-state index is 5.20. The Hall–Kier alpha value is -1.22. The van der Waals surface area contributed by atoms with Gasteiger partial charge in [0.1, 0.15) is 5.75 Å². The molecule has 2 saturated heterocycles. The van der Waals surface area contributed by atoms with E-state index < -0.39 is 0 Å². The molecule has 0 radical (unpaired) electrons. The lowest BCUT2D eigenvalue weighted by molar-refractivity contribution is 0.369. The number of nitrogens with one attached hydrogen (secondary N) is 1. The van der Waals surface area contributed by atoms with Crippen molar-refractivity contribution in [3.63, 3.8) is 0 Å². The van der Waals surface area contributed by atoms with Gasteiger partial charge in [0.2, 0.25) is 0 Å². The second-order valence-electron chi connectivity index (χ2n) is 5.30. The Bertz CT molecular complexity index is 382. The fraction of sp³-hybridized carbons (Fsp3) is 0.571. The van der Waals surface area contributed by atoms with Gasteiger partial charge in [-0.1, -0.05) is 0 Å². The van der Waals surface area contributed by atoms with Gasteiger partial charge in [-0.2, -0.15) is 0 Å². The highest BCUT2D eigenvalue weighted by molar-refractivity contribution is 5.50. The lowest BCUT2D eigenvalue weighted by Crippen LogP contribution is -2.29. The molecule has 1 unspecified atom stereocenters. The molecular formula is C14H20N2O. The van der Waals surface area contributed by atoms with Crippen LogP contribution >= 0.6 is 0 Å². The Morgan fingerprint density at radius 2 is 2.06 bits per heavy atom. The van der Waals surface area contributed by atoms with Gasteiger partial charge in [0.15, 0.2) is 0 Å². The zero-order valence-corrected chi connectivity index (χ0v) is 10.4. The van der Waals surface area contributed by atoms with Crippen LogP contribution in [0.2, 0.25) is 0 Å². The molecule has 0 amide bonds. The van der Waals surface area contributed by atoms with Crippen molar-refractivity contribution in [2.24, 2.45) is 5.41 Å². The maximum Gasteiger partial charge on any atom is 0.119 e. The molecule has 2 aliphatic rings. The van der Waals surface area contributed by atoms with Crippen molar-refractivity contribution in [1.29, 1.82) is 0 Å². The maximum absolute atomic E-state index is 5.20. The molecule has 2 fully saturated rings. The zero-order valence-electron chi connectivity index (χ0n) is 10.4. The van der Waals surface area contributed by atoms with Crippen molar-refractivity contribution < 1.29 is 4.74 Å². The molecule has 3 heteroatoms. The van der Waals surface area contributed by atoms with E-state index in [1.807, 2.05) is 12.1 Å². The zero-order chi connectivity index (χ0) is 11.7. The Morgan fingerprint density at radius 1 is 1.24 bits per heavy atom. The molecule has 0 saturated carbocycles. The van der Waals surface area contributed by atoms with Gasteiger partial charge in [-0.05, 0) is 43.7 Å². The molecule has 2 aliphatic heterocycles. The fourth-order valence-electron chi connectivity index (χ4n) is 3.09. The van der Waals surface area contributed by atoms with E-state index in [0.717, 1.165) is 5.75 Å². The lowest BCUT2D eigenvalue weighted by atomic mass is 9.86. The lowest BCUT2D eigenvalue weighted by Gasteiger charge is -2.24. The Labute approximate surface area is 103 Å². The first-order valence-electron chi connectivity index (χ1n) is 6.41. The molecule has 92 valence electrons. The van der Waals surface area contributed by atoms with Crippen LogP contribution in [-0.4, -0.2) is 33.3 Å². The molecular weight excluding hydrogens is 212 g/mol. The van der Waals surface area contributed by atoms with Crippen LogP contribution in [0, 0.1) is 5.41 Å². The summed E-state index contributed by atoms with van der Waals surface area (Å²) in [6.45, 7) is 4.77. The molecule has 2 heterocycles. The Kier molecular flexibility index (Phi) is 2.71. The number of hydrogen-bond acceptors (Lipinski definition) is 3. The summed E-state index contributed by atoms with van der Waals surface area (Å²) in [4.78, 5) is 2.51. The van der Waals surface area contributed by atoms with Gasteiger partial charge in [-0.25, -0.2) is 0 Å². The van der Waals surface area contributed by atoms with E-state index in [2.05, 4.69) is 22.3 Å². The van der Waals surface area contributed by atoms with Crippen molar-refractivity contribution in [2.75, 3.05) is 38.2 Å². The third-order valence-corrected chi connectivity index (χ3v) is 4.21. The van der Waals surface area contributed by atoms with Crippen molar-refractivity contribution in [2.45, 2.75) is 12.8 Å². The number of hydrogen-bond donors (Lipinski definition) is 1. The summed E-state index contributed by atoms with van der Waals surface area (Å²) in [6.07, 6.45) is 2.66. The van der Waals surface area contributed by atoms with Crippen LogP contribution in [0.3, 0.4) is 0 Å². The van der Waals surface area contributed by atoms with Gasteiger partial charge in [-0.3, -0.25) is 0 Å². The molecule has 1 aromatic rings. The van der Waals surface area contributed by atoms with E-state index in [-0.39, 0.29) is 0 Å². The highest BCUT2D eigenvalue weighted by Crippen LogP contribution is 2.38. The molecule has 0 bridgehead atoms. The summed E-state index contributed by atoms with van der Waals surface area (Å²) >= 11 is 0. The first-order chi connectivity index (χ1) is 8.31. The number of methoxy groups -OCH3 is 1. The topological polar surface area (TPSA) is 24.5 Å². The van der Waals surface area contributed by atoms with E-state index in [0.29, 0.717) is 5.41 Å². The number of rotatable bonds is 2. The molecule has 17 heavy (non-hydrogen) atoms. The third-order valence-electron chi connectivity index (χ3n) is 4.21. The SMILES string of the molecule is COc1ccc(N2CCC3(CCNC3)C2)cc1. The van der Waals surface area contributed by atoms with E-state index >= 15 is 0 Å². The highest BCUT2D eigenvalue weighted by Gasteiger charge is 2.40. The van der Waals surface area contributed by atoms with Crippen molar-refractivity contribution in [1.82, 2.24) is 5.32 Å². The minimum atomic E-state index is 0.542. The molecule has 1 spiro atoms. The van der Waals surface area contributed by atoms with Gasteiger partial charge in [0, 0.05) is 30.7 Å². The van der Waals surface area contributed by atoms with Crippen molar-refractivity contribution in [3.8, 4) is 5.75 Å². The Balaban J connectivity index is 1.72. The van der Waals surface area contributed by atoms with Crippen LogP contribution in [0.25, 0.3) is 0 Å². The smallest absolute Gasteiger partial charge is 0.119 e. The second-order valence-corrected chi connectivity index (χ2v) is 5.30. The molecule has 3 nitrogen and oxygen atoms in total. The fourth-order valence-corrected chi connectivity index (χ4v) is 3.09. The van der Waals surface area contributed by atoms with Gasteiger partial charge in [0.25, 0.3) is 0 Å². The van der Waals surface area contributed by atoms with Gasteiger partial charge < -0.3 is 15.0 Å². The predicted molar refractivity (Wildman–Crippen MR) is 69.7 cm³/mol. The number of anilines is 1. The molecule has 1 N–H and O–H groups in total. The molecule has 1 atom stereocenters. The van der Waals surface area contributed by atoms with Crippen LogP contribution in [0.5, 0.6) is 5.75 Å². The van der Waals surface area contributed by atoms with Crippen LogP contribution in [-0.2, 0) is 0 Å². The number of benzene rings is 1. The predicted octanol–water partition coefficient (Wildman–Crippen LogP) is 1.88. The average Bonchev–Trinajstić information content (AvgIpc) is 3.01. The summed E-state index contributed by atoms with van der Waals surface area (Å²) in [5.74, 6) is 0.935. The van der Waals surface area contributed by atoms with Gasteiger partial charge in [-0.15, -0.1) is 0 Å². The summed E-state index contributed by atoms with van der Waals surface area (Å²) in [5, 5.41) is 3.50. The second kappa shape index (κ2) is 4.22. The van der Waals surface area contributed by atoms with Crippen LogP contribution < -0.4 is 15.0 Å². The number of nitrogens with zero attached hydrogens (tertiary/aromatic N) is 1. The number of ether oxygens (including phenoxy) is 1. The Morgan fingerprint density at radius 3 is 2.71 bits per heavy atom. The summed E-state index contributed by atoms with van der Waals surface area (Å²) in [6, 6.07) is 8.43. The van der Waals surface area contributed by atoms with Crippen LogP contribution in [0.15, 0.2) is 24.3 Å². The molecule has 0 aliphatic carbocycles. The monoisotopic (exact) mass is 232 g/mol. The summed E-state index contributed by atoms with van der Waals surface area (Å²) < 4.78 is 5.20. The summed E-state index contributed by atoms with van der Waals surface area (Å²) in [5.41, 5.74) is 1.87. The van der Waals surface area contributed by atoms with E-state index in [4.69, 9.17) is 4.74 Å². The third kappa shape index (κ3) is 2.00. The minimum absolute atomic E-state index is 0.542. The average molecular weight is 232 g/mol. The first kappa shape index (κ1) is 10.9. The molecule has 1 aromatic carbocycles. The summed E-state index contributed by atoms with van der Waals surface area (Å²) in [7, 11) is 1.71. The normalized spacial score (nSPS) is 27.9. The van der Waals surface area contributed by atoms with E-state index in [1.54, 1.807) is 7.11 Å². The van der Waals surface area contributed by atoms with Crippen molar-refractivity contribution >= 4 is 5.69 Å².